The fraction of sp³-hybridized carbons (Fsp3) is 0.467. The molecule has 0 aliphatic rings. The van der Waals surface area contributed by atoms with Crippen molar-refractivity contribution in [2.45, 2.75) is 39.2 Å². The lowest BCUT2D eigenvalue weighted by Crippen LogP contribution is -2.27. The van der Waals surface area contributed by atoms with Crippen LogP contribution in [0.2, 0.25) is 0 Å². The molecule has 0 fully saturated rings. The first-order chi connectivity index (χ1) is 9.96. The van der Waals surface area contributed by atoms with Crippen molar-refractivity contribution < 1.29 is 14.3 Å². The molecular weight excluding hydrogens is 270 g/mol. The van der Waals surface area contributed by atoms with Crippen LogP contribution in [0.5, 0.6) is 5.75 Å². The summed E-state index contributed by atoms with van der Waals surface area (Å²) >= 11 is 0. The Bertz CT molecular complexity index is 503. The second-order valence-electron chi connectivity index (χ2n) is 4.90. The molecule has 1 rings (SSSR count). The highest BCUT2D eigenvalue weighted by Gasteiger charge is 2.12. The van der Waals surface area contributed by atoms with E-state index in [9.17, 15) is 9.59 Å². The lowest BCUT2D eigenvalue weighted by atomic mass is 10.1. The summed E-state index contributed by atoms with van der Waals surface area (Å²) in [7, 11) is 1.52. The molecule has 0 heterocycles. The first-order valence-corrected chi connectivity index (χ1v) is 6.97. The van der Waals surface area contributed by atoms with E-state index in [1.165, 1.54) is 14.0 Å². The highest BCUT2D eigenvalue weighted by molar-refractivity contribution is 5.95. The Labute approximate surface area is 125 Å². The Balaban J connectivity index is 2.79. The first-order valence-electron chi connectivity index (χ1n) is 6.97. The Morgan fingerprint density at radius 1 is 1.33 bits per heavy atom. The third-order valence-electron chi connectivity index (χ3n) is 2.90. The molecule has 0 spiro atoms. The zero-order chi connectivity index (χ0) is 15.8. The summed E-state index contributed by atoms with van der Waals surface area (Å²) in [4.78, 5) is 23.0. The van der Waals surface area contributed by atoms with E-state index in [1.807, 2.05) is 6.92 Å². The van der Waals surface area contributed by atoms with Gasteiger partial charge in [-0.2, -0.15) is 0 Å². The van der Waals surface area contributed by atoms with Gasteiger partial charge in [-0.25, -0.2) is 0 Å². The number of benzene rings is 1. The average molecular weight is 293 g/mol. The molecule has 0 aliphatic carbocycles. The SMILES string of the molecule is CCCC(N)CC(=O)Nc1cc(NC(C)=O)ccc1OC. The van der Waals surface area contributed by atoms with Gasteiger partial charge in [0.05, 0.1) is 12.8 Å². The van der Waals surface area contributed by atoms with Gasteiger partial charge in [-0.1, -0.05) is 13.3 Å². The number of amides is 2. The summed E-state index contributed by atoms with van der Waals surface area (Å²) in [6, 6.07) is 4.90. The standard InChI is InChI=1S/C15H23N3O3/c1-4-5-11(16)8-15(20)18-13-9-12(17-10(2)19)6-7-14(13)21-3/h6-7,9,11H,4-5,8,16H2,1-3H3,(H,17,19)(H,18,20). The van der Waals surface area contributed by atoms with E-state index in [0.29, 0.717) is 17.1 Å². The van der Waals surface area contributed by atoms with Gasteiger partial charge in [0.15, 0.2) is 0 Å². The van der Waals surface area contributed by atoms with Crippen molar-refractivity contribution in [3.05, 3.63) is 18.2 Å². The summed E-state index contributed by atoms with van der Waals surface area (Å²) < 4.78 is 5.20. The molecule has 1 unspecified atom stereocenters. The summed E-state index contributed by atoms with van der Waals surface area (Å²) in [5.74, 6) is 0.179. The third kappa shape index (κ3) is 5.83. The lowest BCUT2D eigenvalue weighted by molar-refractivity contribution is -0.116. The predicted octanol–water partition coefficient (Wildman–Crippen LogP) is 2.11. The van der Waals surface area contributed by atoms with Crippen LogP contribution >= 0.6 is 0 Å². The first kappa shape index (κ1) is 17.0. The van der Waals surface area contributed by atoms with Crippen molar-refractivity contribution in [1.29, 1.82) is 0 Å². The van der Waals surface area contributed by atoms with Crippen LogP contribution in [0.1, 0.15) is 33.1 Å². The number of hydrogen-bond donors (Lipinski definition) is 3. The molecule has 0 aromatic heterocycles. The molecule has 4 N–H and O–H groups in total. The van der Waals surface area contributed by atoms with Crippen molar-refractivity contribution in [1.82, 2.24) is 0 Å². The van der Waals surface area contributed by atoms with Crippen LogP contribution in [0.4, 0.5) is 11.4 Å². The monoisotopic (exact) mass is 293 g/mol. The van der Waals surface area contributed by atoms with E-state index in [4.69, 9.17) is 10.5 Å². The van der Waals surface area contributed by atoms with Gasteiger partial charge in [0.1, 0.15) is 5.75 Å². The van der Waals surface area contributed by atoms with Crippen LogP contribution in [-0.4, -0.2) is 25.0 Å². The van der Waals surface area contributed by atoms with Crippen molar-refractivity contribution >= 4 is 23.2 Å². The molecule has 1 aromatic rings. The van der Waals surface area contributed by atoms with Gasteiger partial charge in [0.2, 0.25) is 11.8 Å². The van der Waals surface area contributed by atoms with Crippen molar-refractivity contribution in [2.75, 3.05) is 17.7 Å². The maximum Gasteiger partial charge on any atom is 0.226 e. The molecule has 6 heteroatoms. The number of carbonyl (C=O) groups is 2. The lowest BCUT2D eigenvalue weighted by Gasteiger charge is -2.14. The van der Waals surface area contributed by atoms with Gasteiger partial charge >= 0.3 is 0 Å². The van der Waals surface area contributed by atoms with E-state index in [-0.39, 0.29) is 24.3 Å². The number of anilines is 2. The Hall–Kier alpha value is -2.08. The zero-order valence-corrected chi connectivity index (χ0v) is 12.7. The highest BCUT2D eigenvalue weighted by atomic mass is 16.5. The molecule has 116 valence electrons. The van der Waals surface area contributed by atoms with Crippen LogP contribution in [-0.2, 0) is 9.59 Å². The molecule has 1 aromatic carbocycles. The summed E-state index contributed by atoms with van der Waals surface area (Å²) in [6.07, 6.45) is 1.99. The quantitative estimate of drug-likeness (QED) is 0.717. The van der Waals surface area contributed by atoms with E-state index < -0.39 is 0 Å². The highest BCUT2D eigenvalue weighted by Crippen LogP contribution is 2.28. The maximum absolute atomic E-state index is 12.0. The van der Waals surface area contributed by atoms with E-state index in [1.54, 1.807) is 18.2 Å². The summed E-state index contributed by atoms with van der Waals surface area (Å²) in [5.41, 5.74) is 6.96. The number of nitrogens with two attached hydrogens (primary N) is 1. The number of carbonyl (C=O) groups excluding carboxylic acids is 2. The van der Waals surface area contributed by atoms with Crippen LogP contribution in [0.15, 0.2) is 18.2 Å². The second kappa shape index (κ2) is 8.26. The van der Waals surface area contributed by atoms with Crippen LogP contribution in [0, 0.1) is 0 Å². The number of nitrogens with one attached hydrogen (secondary N) is 2. The van der Waals surface area contributed by atoms with Crippen LogP contribution in [0.3, 0.4) is 0 Å². The molecule has 21 heavy (non-hydrogen) atoms. The maximum atomic E-state index is 12.0. The fourth-order valence-electron chi connectivity index (χ4n) is 2.00. The van der Waals surface area contributed by atoms with Gasteiger partial charge in [-0.05, 0) is 24.6 Å². The fourth-order valence-corrected chi connectivity index (χ4v) is 2.00. The summed E-state index contributed by atoms with van der Waals surface area (Å²) in [5, 5.41) is 5.43. The largest absolute Gasteiger partial charge is 0.495 e. The minimum atomic E-state index is -0.178. The van der Waals surface area contributed by atoms with Crippen molar-refractivity contribution in [3.8, 4) is 5.75 Å². The topological polar surface area (TPSA) is 93.5 Å². The Morgan fingerprint density at radius 3 is 2.62 bits per heavy atom. The Kier molecular flexibility index (Phi) is 6.68. The minimum Gasteiger partial charge on any atom is -0.495 e. The van der Waals surface area contributed by atoms with Gasteiger partial charge in [0.25, 0.3) is 0 Å². The average Bonchev–Trinajstić information content (AvgIpc) is 2.38. The second-order valence-corrected chi connectivity index (χ2v) is 4.90. The van der Waals surface area contributed by atoms with E-state index >= 15 is 0 Å². The smallest absolute Gasteiger partial charge is 0.226 e. The molecule has 6 nitrogen and oxygen atoms in total. The van der Waals surface area contributed by atoms with Crippen molar-refractivity contribution in [3.63, 3.8) is 0 Å². The molecule has 1 atom stereocenters. The molecule has 0 bridgehead atoms. The van der Waals surface area contributed by atoms with E-state index in [0.717, 1.165) is 12.8 Å². The zero-order valence-electron chi connectivity index (χ0n) is 12.7. The van der Waals surface area contributed by atoms with Gasteiger partial charge in [-0.15, -0.1) is 0 Å². The Morgan fingerprint density at radius 2 is 2.05 bits per heavy atom. The third-order valence-corrected chi connectivity index (χ3v) is 2.90. The van der Waals surface area contributed by atoms with Crippen molar-refractivity contribution in [2.24, 2.45) is 5.73 Å². The molecule has 0 radical (unpaired) electrons. The molecule has 0 saturated heterocycles. The molecule has 0 saturated carbocycles. The van der Waals surface area contributed by atoms with Gasteiger partial charge in [-0.3, -0.25) is 9.59 Å². The van der Waals surface area contributed by atoms with Gasteiger partial charge < -0.3 is 21.1 Å². The van der Waals surface area contributed by atoms with Crippen LogP contribution < -0.4 is 21.1 Å². The number of hydrogen-bond acceptors (Lipinski definition) is 4. The number of ether oxygens (including phenoxy) is 1. The molecule has 2 amide bonds. The normalized spacial score (nSPS) is 11.6. The van der Waals surface area contributed by atoms with Gasteiger partial charge in [0, 0.05) is 25.1 Å². The number of methoxy groups -OCH3 is 1. The van der Waals surface area contributed by atoms with Crippen LogP contribution in [0.25, 0.3) is 0 Å². The predicted molar refractivity (Wildman–Crippen MR) is 83.4 cm³/mol. The number of rotatable bonds is 7. The molecule has 0 aliphatic heterocycles. The van der Waals surface area contributed by atoms with E-state index in [2.05, 4.69) is 10.6 Å². The molecular formula is C15H23N3O3. The summed E-state index contributed by atoms with van der Waals surface area (Å²) in [6.45, 7) is 3.45. The minimum absolute atomic E-state index is 0.153.